The summed E-state index contributed by atoms with van der Waals surface area (Å²) >= 11 is 5.86. The van der Waals surface area contributed by atoms with E-state index in [0.29, 0.717) is 16.1 Å². The van der Waals surface area contributed by atoms with Gasteiger partial charge < -0.3 is 0 Å². The summed E-state index contributed by atoms with van der Waals surface area (Å²) in [5.41, 5.74) is 0.392. The van der Waals surface area contributed by atoms with E-state index in [1.807, 2.05) is 0 Å². The van der Waals surface area contributed by atoms with Crippen molar-refractivity contribution in [3.05, 3.63) is 52.8 Å². The standard InChI is InChI=1S/C15H13ClF3N/c1-9(2)14-13(15(17,18)19)7-11(8-20-14)10-4-3-5-12(16)6-10/h3-9H,1-2H3. The van der Waals surface area contributed by atoms with Gasteiger partial charge in [0.25, 0.3) is 0 Å². The van der Waals surface area contributed by atoms with Gasteiger partial charge >= 0.3 is 6.18 Å². The second-order valence-electron chi connectivity index (χ2n) is 4.82. The van der Waals surface area contributed by atoms with Crippen LogP contribution in [0.15, 0.2) is 36.5 Å². The third kappa shape index (κ3) is 3.12. The molecule has 106 valence electrons. The quantitative estimate of drug-likeness (QED) is 0.709. The molecular weight excluding hydrogens is 287 g/mol. The number of aromatic nitrogens is 1. The van der Waals surface area contributed by atoms with Crippen LogP contribution in [0.4, 0.5) is 13.2 Å². The maximum atomic E-state index is 13.1. The van der Waals surface area contributed by atoms with E-state index in [1.54, 1.807) is 38.1 Å². The van der Waals surface area contributed by atoms with Crippen molar-refractivity contribution in [1.82, 2.24) is 4.98 Å². The number of hydrogen-bond donors (Lipinski definition) is 0. The Hall–Kier alpha value is -1.55. The molecule has 0 spiro atoms. The highest BCUT2D eigenvalue weighted by molar-refractivity contribution is 6.30. The Labute approximate surface area is 120 Å². The Balaban J connectivity index is 2.58. The largest absolute Gasteiger partial charge is 0.418 e. The van der Waals surface area contributed by atoms with E-state index in [4.69, 9.17) is 11.6 Å². The fraction of sp³-hybridized carbons (Fsp3) is 0.267. The topological polar surface area (TPSA) is 12.9 Å². The van der Waals surface area contributed by atoms with Crippen LogP contribution in [0.2, 0.25) is 5.02 Å². The minimum Gasteiger partial charge on any atom is -0.260 e. The van der Waals surface area contributed by atoms with Gasteiger partial charge in [0.1, 0.15) is 0 Å². The van der Waals surface area contributed by atoms with Crippen LogP contribution in [0.3, 0.4) is 0 Å². The molecule has 0 atom stereocenters. The maximum Gasteiger partial charge on any atom is 0.418 e. The van der Waals surface area contributed by atoms with Crippen LogP contribution in [-0.2, 0) is 6.18 Å². The van der Waals surface area contributed by atoms with Gasteiger partial charge in [-0.05, 0) is 29.7 Å². The molecule has 0 radical (unpaired) electrons. The lowest BCUT2D eigenvalue weighted by molar-refractivity contribution is -0.138. The van der Waals surface area contributed by atoms with Gasteiger partial charge in [0.05, 0.1) is 11.3 Å². The van der Waals surface area contributed by atoms with Crippen molar-refractivity contribution >= 4 is 11.6 Å². The van der Waals surface area contributed by atoms with Crippen LogP contribution >= 0.6 is 11.6 Å². The molecule has 0 aliphatic heterocycles. The molecule has 1 aromatic heterocycles. The first-order valence-corrected chi connectivity index (χ1v) is 6.50. The molecule has 1 nitrogen and oxygen atoms in total. The van der Waals surface area contributed by atoms with Gasteiger partial charge in [-0.3, -0.25) is 4.98 Å². The molecule has 0 saturated heterocycles. The monoisotopic (exact) mass is 299 g/mol. The first-order chi connectivity index (χ1) is 9.29. The molecule has 2 aromatic rings. The molecule has 1 aromatic carbocycles. The van der Waals surface area contributed by atoms with Gasteiger partial charge in [0.2, 0.25) is 0 Å². The van der Waals surface area contributed by atoms with Crippen LogP contribution in [0.25, 0.3) is 11.1 Å². The number of halogens is 4. The Bertz CT molecular complexity index is 621. The third-order valence-corrected chi connectivity index (χ3v) is 3.16. The number of nitrogens with zero attached hydrogens (tertiary/aromatic N) is 1. The average Bonchev–Trinajstić information content (AvgIpc) is 2.37. The molecule has 0 aliphatic rings. The summed E-state index contributed by atoms with van der Waals surface area (Å²) in [5.74, 6) is -0.292. The van der Waals surface area contributed by atoms with Gasteiger partial charge in [0, 0.05) is 16.8 Å². The second-order valence-corrected chi connectivity index (χ2v) is 5.26. The van der Waals surface area contributed by atoms with E-state index in [0.717, 1.165) is 6.07 Å². The molecule has 0 N–H and O–H groups in total. The molecular formula is C15H13ClF3N. The lowest BCUT2D eigenvalue weighted by Crippen LogP contribution is -2.12. The van der Waals surface area contributed by atoms with Crippen molar-refractivity contribution in [2.45, 2.75) is 25.9 Å². The molecule has 0 unspecified atom stereocenters. The normalized spacial score (nSPS) is 11.9. The molecule has 0 bridgehead atoms. The minimum atomic E-state index is -4.42. The summed E-state index contributed by atoms with van der Waals surface area (Å²) < 4.78 is 39.4. The molecule has 0 fully saturated rings. The first kappa shape index (κ1) is 14.9. The van der Waals surface area contributed by atoms with Crippen molar-refractivity contribution in [1.29, 1.82) is 0 Å². The molecule has 0 saturated carbocycles. The highest BCUT2D eigenvalue weighted by Gasteiger charge is 2.35. The predicted octanol–water partition coefficient (Wildman–Crippen LogP) is 5.54. The van der Waals surface area contributed by atoms with Crippen molar-refractivity contribution in [3.63, 3.8) is 0 Å². The van der Waals surface area contributed by atoms with E-state index in [-0.39, 0.29) is 11.6 Å². The van der Waals surface area contributed by atoms with Crippen molar-refractivity contribution in [2.75, 3.05) is 0 Å². The lowest BCUT2D eigenvalue weighted by atomic mass is 9.99. The van der Waals surface area contributed by atoms with Gasteiger partial charge in [-0.2, -0.15) is 13.2 Å². The molecule has 0 amide bonds. The average molecular weight is 300 g/mol. The van der Waals surface area contributed by atoms with Crippen LogP contribution in [0.1, 0.15) is 31.0 Å². The van der Waals surface area contributed by atoms with Gasteiger partial charge in [-0.25, -0.2) is 0 Å². The van der Waals surface area contributed by atoms with Crippen LogP contribution in [-0.4, -0.2) is 4.98 Å². The van der Waals surface area contributed by atoms with E-state index in [2.05, 4.69) is 4.98 Å². The predicted molar refractivity (Wildman–Crippen MR) is 73.8 cm³/mol. The maximum absolute atomic E-state index is 13.1. The minimum absolute atomic E-state index is 0.0586. The van der Waals surface area contributed by atoms with Crippen LogP contribution in [0, 0.1) is 0 Å². The van der Waals surface area contributed by atoms with E-state index < -0.39 is 11.7 Å². The van der Waals surface area contributed by atoms with Crippen molar-refractivity contribution in [2.24, 2.45) is 0 Å². The highest BCUT2D eigenvalue weighted by Crippen LogP contribution is 2.36. The summed E-state index contributed by atoms with van der Waals surface area (Å²) in [6.45, 7) is 3.38. The van der Waals surface area contributed by atoms with E-state index >= 15 is 0 Å². The number of benzene rings is 1. The fourth-order valence-corrected chi connectivity index (χ4v) is 2.18. The third-order valence-electron chi connectivity index (χ3n) is 2.93. The number of pyridine rings is 1. The summed E-state index contributed by atoms with van der Waals surface area (Å²) in [6.07, 6.45) is -2.96. The Morgan fingerprint density at radius 2 is 1.80 bits per heavy atom. The first-order valence-electron chi connectivity index (χ1n) is 6.12. The Morgan fingerprint density at radius 1 is 1.10 bits per heavy atom. The molecule has 20 heavy (non-hydrogen) atoms. The number of hydrogen-bond acceptors (Lipinski definition) is 1. The van der Waals surface area contributed by atoms with Gasteiger partial charge in [-0.15, -0.1) is 0 Å². The smallest absolute Gasteiger partial charge is 0.260 e. The zero-order valence-corrected chi connectivity index (χ0v) is 11.8. The van der Waals surface area contributed by atoms with E-state index in [1.165, 1.54) is 6.20 Å². The highest BCUT2D eigenvalue weighted by atomic mass is 35.5. The lowest BCUT2D eigenvalue weighted by Gasteiger charge is -2.16. The molecule has 0 aliphatic carbocycles. The zero-order chi connectivity index (χ0) is 14.9. The molecule has 2 rings (SSSR count). The van der Waals surface area contributed by atoms with Crippen molar-refractivity contribution in [3.8, 4) is 11.1 Å². The number of alkyl halides is 3. The Kier molecular flexibility index (Phi) is 4.04. The van der Waals surface area contributed by atoms with Gasteiger partial charge in [-0.1, -0.05) is 37.6 Å². The SMILES string of the molecule is CC(C)c1ncc(-c2cccc(Cl)c2)cc1C(F)(F)F. The molecule has 1 heterocycles. The molecule has 5 heteroatoms. The summed E-state index contributed by atoms with van der Waals surface area (Å²) in [5, 5.41) is 0.476. The number of rotatable bonds is 2. The summed E-state index contributed by atoms with van der Waals surface area (Å²) in [4.78, 5) is 3.99. The summed E-state index contributed by atoms with van der Waals surface area (Å²) in [6, 6.07) is 7.83. The van der Waals surface area contributed by atoms with Crippen LogP contribution in [0.5, 0.6) is 0 Å². The summed E-state index contributed by atoms with van der Waals surface area (Å²) in [7, 11) is 0. The van der Waals surface area contributed by atoms with Crippen molar-refractivity contribution < 1.29 is 13.2 Å². The zero-order valence-electron chi connectivity index (χ0n) is 11.0. The van der Waals surface area contributed by atoms with E-state index in [9.17, 15) is 13.2 Å². The Morgan fingerprint density at radius 3 is 2.35 bits per heavy atom. The fourth-order valence-electron chi connectivity index (χ4n) is 1.99. The second kappa shape index (κ2) is 5.44. The van der Waals surface area contributed by atoms with Gasteiger partial charge in [0.15, 0.2) is 0 Å². The van der Waals surface area contributed by atoms with Crippen LogP contribution < -0.4 is 0 Å².